The SMILES string of the molecule is CCCC[C@@H](CC(=O)O)NC(=O)C1CC(NC(=O)OCC2c3ccccc3-c3ccccc32)C1. The van der Waals surface area contributed by atoms with Gasteiger partial charge in [0.15, 0.2) is 0 Å². The van der Waals surface area contributed by atoms with Gasteiger partial charge in [-0.2, -0.15) is 0 Å². The lowest BCUT2D eigenvalue weighted by atomic mass is 9.79. The Morgan fingerprint density at radius 1 is 1.03 bits per heavy atom. The zero-order valence-corrected chi connectivity index (χ0v) is 19.5. The predicted octanol–water partition coefficient (Wildman–Crippen LogP) is 4.45. The van der Waals surface area contributed by atoms with E-state index in [4.69, 9.17) is 9.84 Å². The van der Waals surface area contributed by atoms with Crippen molar-refractivity contribution >= 4 is 18.0 Å². The molecule has 7 nitrogen and oxygen atoms in total. The Morgan fingerprint density at radius 3 is 2.24 bits per heavy atom. The van der Waals surface area contributed by atoms with E-state index in [0.29, 0.717) is 19.3 Å². The van der Waals surface area contributed by atoms with E-state index >= 15 is 0 Å². The van der Waals surface area contributed by atoms with Crippen LogP contribution in [0, 0.1) is 5.92 Å². The minimum atomic E-state index is -0.912. The molecule has 2 amide bonds. The number of hydrogen-bond acceptors (Lipinski definition) is 4. The van der Waals surface area contributed by atoms with Gasteiger partial charge in [-0.05, 0) is 41.5 Å². The molecule has 0 radical (unpaired) electrons. The number of alkyl carbamates (subject to hydrolysis) is 1. The number of carbonyl (C=O) groups excluding carboxylic acids is 2. The van der Waals surface area contributed by atoms with Crippen LogP contribution in [0.3, 0.4) is 0 Å². The highest BCUT2D eigenvalue weighted by Gasteiger charge is 2.37. The van der Waals surface area contributed by atoms with Gasteiger partial charge in [0, 0.05) is 23.9 Å². The minimum absolute atomic E-state index is 0.00681. The van der Waals surface area contributed by atoms with E-state index < -0.39 is 12.1 Å². The molecule has 2 aromatic carbocycles. The van der Waals surface area contributed by atoms with Gasteiger partial charge in [-0.3, -0.25) is 9.59 Å². The van der Waals surface area contributed by atoms with Gasteiger partial charge < -0.3 is 20.5 Å². The van der Waals surface area contributed by atoms with Crippen LogP contribution in [-0.4, -0.2) is 41.8 Å². The monoisotopic (exact) mass is 464 g/mol. The zero-order valence-electron chi connectivity index (χ0n) is 19.5. The lowest BCUT2D eigenvalue weighted by Gasteiger charge is -2.35. The van der Waals surface area contributed by atoms with E-state index in [0.717, 1.165) is 24.0 Å². The molecule has 1 fully saturated rings. The molecule has 0 unspecified atom stereocenters. The number of nitrogens with one attached hydrogen (secondary N) is 2. The van der Waals surface area contributed by atoms with E-state index in [1.807, 2.05) is 31.2 Å². The summed E-state index contributed by atoms with van der Waals surface area (Å²) in [7, 11) is 0. The first-order valence-electron chi connectivity index (χ1n) is 12.1. The summed E-state index contributed by atoms with van der Waals surface area (Å²) in [6.45, 7) is 2.29. The lowest BCUT2D eigenvalue weighted by molar-refractivity contribution is -0.138. The third kappa shape index (κ3) is 5.41. The van der Waals surface area contributed by atoms with Crippen LogP contribution in [-0.2, 0) is 14.3 Å². The van der Waals surface area contributed by atoms with Gasteiger partial charge in [0.05, 0.1) is 6.42 Å². The molecular weight excluding hydrogens is 432 g/mol. The molecule has 7 heteroatoms. The highest BCUT2D eigenvalue weighted by molar-refractivity contribution is 5.81. The number of amides is 2. The minimum Gasteiger partial charge on any atom is -0.481 e. The summed E-state index contributed by atoms with van der Waals surface area (Å²) in [6.07, 6.45) is 2.99. The van der Waals surface area contributed by atoms with Crippen molar-refractivity contribution < 1.29 is 24.2 Å². The van der Waals surface area contributed by atoms with Crippen molar-refractivity contribution in [2.75, 3.05) is 6.61 Å². The molecule has 2 aromatic rings. The average molecular weight is 465 g/mol. The zero-order chi connectivity index (χ0) is 24.1. The number of ether oxygens (including phenoxy) is 1. The summed E-state index contributed by atoms with van der Waals surface area (Å²) >= 11 is 0. The topological polar surface area (TPSA) is 105 Å². The van der Waals surface area contributed by atoms with Crippen LogP contribution in [0.2, 0.25) is 0 Å². The Kier molecular flexibility index (Phi) is 7.50. The molecule has 0 aromatic heterocycles. The lowest BCUT2D eigenvalue weighted by Crippen LogP contribution is -2.51. The highest BCUT2D eigenvalue weighted by Crippen LogP contribution is 2.44. The Balaban J connectivity index is 1.23. The third-order valence-electron chi connectivity index (χ3n) is 6.85. The molecule has 4 rings (SSSR count). The molecule has 1 atom stereocenters. The van der Waals surface area contributed by atoms with Gasteiger partial charge >= 0.3 is 12.1 Å². The van der Waals surface area contributed by atoms with E-state index in [-0.39, 0.29) is 42.9 Å². The van der Waals surface area contributed by atoms with Crippen LogP contribution >= 0.6 is 0 Å². The molecule has 2 aliphatic rings. The van der Waals surface area contributed by atoms with E-state index in [9.17, 15) is 14.4 Å². The number of unbranched alkanes of at least 4 members (excludes halogenated alkanes) is 1. The molecule has 0 saturated heterocycles. The first-order valence-corrected chi connectivity index (χ1v) is 12.1. The van der Waals surface area contributed by atoms with Crippen molar-refractivity contribution in [2.45, 2.75) is 63.5 Å². The average Bonchev–Trinajstić information content (AvgIpc) is 3.11. The van der Waals surface area contributed by atoms with Gasteiger partial charge in [0.2, 0.25) is 5.91 Å². The van der Waals surface area contributed by atoms with Crippen molar-refractivity contribution in [3.05, 3.63) is 59.7 Å². The number of benzene rings is 2. The maximum absolute atomic E-state index is 12.5. The molecule has 0 aliphatic heterocycles. The maximum atomic E-state index is 12.5. The Bertz CT molecular complexity index is 1000. The summed E-state index contributed by atoms with van der Waals surface area (Å²) in [5.41, 5.74) is 4.69. The summed E-state index contributed by atoms with van der Waals surface area (Å²) in [5.74, 6) is -1.25. The number of carboxylic acid groups (broad SMARTS) is 1. The number of fused-ring (bicyclic) bond motifs is 3. The number of rotatable bonds is 10. The number of carboxylic acids is 1. The van der Waals surface area contributed by atoms with Crippen molar-refractivity contribution in [3.8, 4) is 11.1 Å². The fourth-order valence-corrected chi connectivity index (χ4v) is 4.96. The molecule has 3 N–H and O–H groups in total. The van der Waals surface area contributed by atoms with Gasteiger partial charge in [-0.25, -0.2) is 4.79 Å². The number of aliphatic carboxylic acids is 1. The first-order chi connectivity index (χ1) is 16.5. The molecule has 0 heterocycles. The second kappa shape index (κ2) is 10.7. The Labute approximate surface area is 199 Å². The summed E-state index contributed by atoms with van der Waals surface area (Å²) in [6, 6.07) is 15.9. The molecule has 0 spiro atoms. The maximum Gasteiger partial charge on any atom is 0.407 e. The van der Waals surface area contributed by atoms with E-state index in [2.05, 4.69) is 34.9 Å². The molecule has 34 heavy (non-hydrogen) atoms. The van der Waals surface area contributed by atoms with E-state index in [1.165, 1.54) is 11.1 Å². The molecule has 1 saturated carbocycles. The Morgan fingerprint density at radius 2 is 1.65 bits per heavy atom. The van der Waals surface area contributed by atoms with E-state index in [1.54, 1.807) is 0 Å². The standard InChI is InChI=1S/C27H32N2O5/c1-2-3-8-18(15-25(30)31)28-26(32)17-13-19(14-17)29-27(33)34-16-24-22-11-6-4-9-20(22)21-10-5-7-12-23(21)24/h4-7,9-12,17-19,24H,2-3,8,13-16H2,1H3,(H,28,32)(H,29,33)(H,30,31)/t17?,18-,19?/m0/s1. The summed E-state index contributed by atoms with van der Waals surface area (Å²) in [4.78, 5) is 36.0. The van der Waals surface area contributed by atoms with Crippen molar-refractivity contribution in [2.24, 2.45) is 5.92 Å². The number of hydrogen-bond donors (Lipinski definition) is 3. The van der Waals surface area contributed by atoms with Gasteiger partial charge in [0.25, 0.3) is 0 Å². The van der Waals surface area contributed by atoms with Crippen molar-refractivity contribution in [1.82, 2.24) is 10.6 Å². The Hall–Kier alpha value is -3.35. The highest BCUT2D eigenvalue weighted by atomic mass is 16.5. The van der Waals surface area contributed by atoms with Crippen LogP contribution in [0.15, 0.2) is 48.5 Å². The molecular formula is C27H32N2O5. The summed E-state index contributed by atoms with van der Waals surface area (Å²) < 4.78 is 5.58. The fourth-order valence-electron chi connectivity index (χ4n) is 4.96. The summed E-state index contributed by atoms with van der Waals surface area (Å²) in [5, 5.41) is 14.8. The van der Waals surface area contributed by atoms with Crippen molar-refractivity contribution in [1.29, 1.82) is 0 Å². The fraction of sp³-hybridized carbons (Fsp3) is 0.444. The quantitative estimate of drug-likeness (QED) is 0.482. The molecule has 0 bridgehead atoms. The first kappa shape index (κ1) is 23.8. The normalized spacial score (nSPS) is 19.3. The smallest absolute Gasteiger partial charge is 0.407 e. The molecule has 180 valence electrons. The van der Waals surface area contributed by atoms with Crippen LogP contribution in [0.4, 0.5) is 4.79 Å². The largest absolute Gasteiger partial charge is 0.481 e. The second-order valence-corrected chi connectivity index (χ2v) is 9.28. The van der Waals surface area contributed by atoms with Crippen LogP contribution in [0.25, 0.3) is 11.1 Å². The van der Waals surface area contributed by atoms with Gasteiger partial charge in [0.1, 0.15) is 6.61 Å². The van der Waals surface area contributed by atoms with Crippen LogP contribution < -0.4 is 10.6 Å². The van der Waals surface area contributed by atoms with Crippen LogP contribution in [0.5, 0.6) is 0 Å². The number of carbonyl (C=O) groups is 3. The van der Waals surface area contributed by atoms with Gasteiger partial charge in [-0.15, -0.1) is 0 Å². The predicted molar refractivity (Wildman–Crippen MR) is 128 cm³/mol. The van der Waals surface area contributed by atoms with Crippen molar-refractivity contribution in [3.63, 3.8) is 0 Å². The van der Waals surface area contributed by atoms with Crippen LogP contribution in [0.1, 0.15) is 62.5 Å². The molecule has 2 aliphatic carbocycles. The third-order valence-corrected chi connectivity index (χ3v) is 6.85. The van der Waals surface area contributed by atoms with Gasteiger partial charge in [-0.1, -0.05) is 68.3 Å². The second-order valence-electron chi connectivity index (χ2n) is 9.28.